The first-order chi connectivity index (χ1) is 10.4. The van der Waals surface area contributed by atoms with Crippen molar-refractivity contribution in [2.45, 2.75) is 38.9 Å². The van der Waals surface area contributed by atoms with Crippen molar-refractivity contribution in [1.82, 2.24) is 10.2 Å². The summed E-state index contributed by atoms with van der Waals surface area (Å²) in [5.41, 5.74) is 0.181. The first-order valence-corrected chi connectivity index (χ1v) is 8.03. The van der Waals surface area contributed by atoms with E-state index in [2.05, 4.69) is 17.1 Å². The molecule has 1 heterocycles. The number of halogens is 3. The van der Waals surface area contributed by atoms with Crippen LogP contribution in [0.2, 0.25) is 0 Å². The lowest BCUT2D eigenvalue weighted by molar-refractivity contribution is -0.137. The Hall–Kier alpha value is -1.07. The van der Waals surface area contributed by atoms with Gasteiger partial charge in [-0.05, 0) is 63.0 Å². The lowest BCUT2D eigenvalue weighted by atomic mass is 9.95. The molecule has 1 aromatic rings. The summed E-state index contributed by atoms with van der Waals surface area (Å²) < 4.78 is 38.6. The molecule has 1 unspecified atom stereocenters. The van der Waals surface area contributed by atoms with E-state index in [0.717, 1.165) is 50.7 Å². The molecule has 0 bridgehead atoms. The zero-order chi connectivity index (χ0) is 16.2. The normalized spacial score (nSPS) is 18.6. The lowest BCUT2D eigenvalue weighted by Gasteiger charge is -2.33. The molecule has 22 heavy (non-hydrogen) atoms. The molecule has 0 aromatic heterocycles. The largest absolute Gasteiger partial charge is 0.416 e. The van der Waals surface area contributed by atoms with Crippen LogP contribution in [0.25, 0.3) is 0 Å². The monoisotopic (exact) mass is 314 g/mol. The predicted molar refractivity (Wildman–Crippen MR) is 82.7 cm³/mol. The number of benzene rings is 1. The van der Waals surface area contributed by atoms with Gasteiger partial charge in [0, 0.05) is 12.6 Å². The summed E-state index contributed by atoms with van der Waals surface area (Å²) >= 11 is 0. The van der Waals surface area contributed by atoms with Gasteiger partial charge in [-0.25, -0.2) is 0 Å². The Morgan fingerprint density at radius 1 is 1.27 bits per heavy atom. The Kier molecular flexibility index (Phi) is 5.87. The minimum atomic E-state index is -4.28. The molecule has 0 spiro atoms. The maximum Gasteiger partial charge on any atom is 0.416 e. The summed E-state index contributed by atoms with van der Waals surface area (Å²) in [6.07, 6.45) is -1.99. The summed E-state index contributed by atoms with van der Waals surface area (Å²) in [4.78, 5) is 2.28. The minimum Gasteiger partial charge on any atom is -0.317 e. The van der Waals surface area contributed by atoms with Gasteiger partial charge in [0.15, 0.2) is 0 Å². The molecule has 1 atom stereocenters. The van der Waals surface area contributed by atoms with Crippen LogP contribution in [-0.2, 0) is 6.18 Å². The van der Waals surface area contributed by atoms with Crippen LogP contribution in [0.4, 0.5) is 13.2 Å². The average Bonchev–Trinajstić information content (AvgIpc) is 2.52. The van der Waals surface area contributed by atoms with Crippen LogP contribution in [-0.4, -0.2) is 31.1 Å². The first kappa shape index (κ1) is 17.3. The molecule has 1 aromatic carbocycles. The van der Waals surface area contributed by atoms with E-state index >= 15 is 0 Å². The van der Waals surface area contributed by atoms with E-state index in [1.165, 1.54) is 12.1 Å². The summed E-state index contributed by atoms with van der Waals surface area (Å²) in [6.45, 7) is 7.96. The van der Waals surface area contributed by atoms with Crippen molar-refractivity contribution in [1.29, 1.82) is 0 Å². The second-order valence-corrected chi connectivity index (χ2v) is 6.08. The zero-order valence-corrected chi connectivity index (χ0v) is 13.3. The van der Waals surface area contributed by atoms with Gasteiger partial charge in [-0.15, -0.1) is 0 Å². The zero-order valence-electron chi connectivity index (χ0n) is 13.3. The van der Waals surface area contributed by atoms with Crippen LogP contribution in [0.5, 0.6) is 0 Å². The first-order valence-electron chi connectivity index (χ1n) is 8.03. The van der Waals surface area contributed by atoms with Gasteiger partial charge in [0.05, 0.1) is 5.56 Å². The quantitative estimate of drug-likeness (QED) is 0.880. The molecule has 0 amide bonds. The second-order valence-electron chi connectivity index (χ2n) is 6.08. The molecule has 1 aliphatic heterocycles. The highest BCUT2D eigenvalue weighted by Crippen LogP contribution is 2.32. The van der Waals surface area contributed by atoms with E-state index in [4.69, 9.17) is 0 Å². The molecule has 5 heteroatoms. The van der Waals surface area contributed by atoms with Crippen molar-refractivity contribution >= 4 is 0 Å². The fourth-order valence-electron chi connectivity index (χ4n) is 3.14. The van der Waals surface area contributed by atoms with Crippen molar-refractivity contribution in [2.24, 2.45) is 5.92 Å². The highest BCUT2D eigenvalue weighted by molar-refractivity contribution is 5.27. The van der Waals surface area contributed by atoms with Gasteiger partial charge in [0.1, 0.15) is 0 Å². The predicted octanol–water partition coefficient (Wildman–Crippen LogP) is 4.09. The van der Waals surface area contributed by atoms with Crippen molar-refractivity contribution in [3.8, 4) is 0 Å². The number of alkyl halides is 3. The molecule has 0 radical (unpaired) electrons. The number of nitrogens with one attached hydrogen (secondary N) is 1. The fraction of sp³-hybridized carbons (Fsp3) is 0.647. The number of nitrogens with zero attached hydrogens (tertiary/aromatic N) is 1. The molecule has 0 aliphatic carbocycles. The standard InChI is InChI=1S/C17H25F3N2/c1-3-22(12-14-7-9-21-10-8-14)13(2)15-5-4-6-16(11-15)17(18,19)20/h4-6,11,13-14,21H,3,7-10,12H2,1-2H3. The van der Waals surface area contributed by atoms with Gasteiger partial charge in [0.2, 0.25) is 0 Å². The Labute approximate surface area is 130 Å². The highest BCUT2D eigenvalue weighted by atomic mass is 19.4. The molecular formula is C17H25F3N2. The molecule has 1 aliphatic rings. The van der Waals surface area contributed by atoms with Crippen LogP contribution in [0.1, 0.15) is 43.9 Å². The summed E-state index contributed by atoms with van der Waals surface area (Å²) in [5, 5.41) is 3.35. The molecule has 2 nitrogen and oxygen atoms in total. The van der Waals surface area contributed by atoms with Crippen molar-refractivity contribution in [3.05, 3.63) is 35.4 Å². The Morgan fingerprint density at radius 3 is 2.55 bits per heavy atom. The summed E-state index contributed by atoms with van der Waals surface area (Å²) in [5.74, 6) is 0.634. The van der Waals surface area contributed by atoms with Gasteiger partial charge >= 0.3 is 6.18 Å². The molecule has 1 saturated heterocycles. The summed E-state index contributed by atoms with van der Waals surface area (Å²) in [7, 11) is 0. The van der Waals surface area contributed by atoms with E-state index in [9.17, 15) is 13.2 Å². The maximum absolute atomic E-state index is 12.9. The molecular weight excluding hydrogens is 289 g/mol. The SMILES string of the molecule is CCN(CC1CCNCC1)C(C)c1cccc(C(F)(F)F)c1. The van der Waals surface area contributed by atoms with Crippen LogP contribution in [0, 0.1) is 5.92 Å². The highest BCUT2D eigenvalue weighted by Gasteiger charge is 2.31. The third-order valence-corrected chi connectivity index (χ3v) is 4.60. The second kappa shape index (κ2) is 7.47. The van der Waals surface area contributed by atoms with E-state index in [-0.39, 0.29) is 6.04 Å². The number of rotatable bonds is 5. The van der Waals surface area contributed by atoms with E-state index < -0.39 is 11.7 Å². The van der Waals surface area contributed by atoms with Gasteiger partial charge < -0.3 is 5.32 Å². The van der Waals surface area contributed by atoms with Gasteiger partial charge in [-0.1, -0.05) is 19.1 Å². The van der Waals surface area contributed by atoms with E-state index in [1.807, 2.05) is 6.92 Å². The molecule has 1 fully saturated rings. The average molecular weight is 314 g/mol. The Morgan fingerprint density at radius 2 is 1.95 bits per heavy atom. The van der Waals surface area contributed by atoms with Gasteiger partial charge in [0.25, 0.3) is 0 Å². The third kappa shape index (κ3) is 4.46. The lowest BCUT2D eigenvalue weighted by Crippen LogP contribution is -2.37. The fourth-order valence-corrected chi connectivity index (χ4v) is 3.14. The van der Waals surface area contributed by atoms with Crippen molar-refractivity contribution < 1.29 is 13.2 Å². The topological polar surface area (TPSA) is 15.3 Å². The maximum atomic E-state index is 12.9. The number of piperidine rings is 1. The third-order valence-electron chi connectivity index (χ3n) is 4.60. The summed E-state index contributed by atoms with van der Waals surface area (Å²) in [6, 6.07) is 5.73. The van der Waals surface area contributed by atoms with Gasteiger partial charge in [-0.2, -0.15) is 13.2 Å². The minimum absolute atomic E-state index is 0.00202. The smallest absolute Gasteiger partial charge is 0.317 e. The van der Waals surface area contributed by atoms with Crippen LogP contribution >= 0.6 is 0 Å². The number of hydrogen-bond donors (Lipinski definition) is 1. The molecule has 0 saturated carbocycles. The number of hydrogen-bond acceptors (Lipinski definition) is 2. The Bertz CT molecular complexity index is 467. The van der Waals surface area contributed by atoms with Crippen LogP contribution < -0.4 is 5.32 Å². The van der Waals surface area contributed by atoms with Gasteiger partial charge in [-0.3, -0.25) is 4.90 Å². The van der Waals surface area contributed by atoms with Crippen molar-refractivity contribution in [3.63, 3.8) is 0 Å². The molecule has 1 N–H and O–H groups in total. The molecule has 124 valence electrons. The van der Waals surface area contributed by atoms with Crippen molar-refractivity contribution in [2.75, 3.05) is 26.2 Å². The Balaban J connectivity index is 2.08. The van der Waals surface area contributed by atoms with Crippen LogP contribution in [0.3, 0.4) is 0 Å². The van der Waals surface area contributed by atoms with E-state index in [1.54, 1.807) is 6.07 Å². The van der Waals surface area contributed by atoms with E-state index in [0.29, 0.717) is 5.92 Å². The molecule has 2 rings (SSSR count). The van der Waals surface area contributed by atoms with Crippen LogP contribution in [0.15, 0.2) is 24.3 Å².